The number of H-pyrrole nitrogens is 1. The molecule has 3 aromatic rings. The topological polar surface area (TPSA) is 78.5 Å². The van der Waals surface area contributed by atoms with Crippen LogP contribution in [-0.2, 0) is 12.2 Å². The summed E-state index contributed by atoms with van der Waals surface area (Å²) in [6, 6.07) is 14.9. The molecule has 6 nitrogen and oxygen atoms in total. The Morgan fingerprint density at radius 3 is 2.62 bits per heavy atom. The Morgan fingerprint density at radius 1 is 1.14 bits per heavy atom. The van der Waals surface area contributed by atoms with Gasteiger partial charge >= 0.3 is 0 Å². The fraction of sp³-hybridized carbons (Fsp3) is 0.273. The molecule has 1 aromatic heterocycles. The quantitative estimate of drug-likeness (QED) is 0.675. The number of piperidine rings is 1. The van der Waals surface area contributed by atoms with Crippen molar-refractivity contribution in [2.75, 3.05) is 13.1 Å². The van der Waals surface area contributed by atoms with E-state index in [9.17, 15) is 9.90 Å². The van der Waals surface area contributed by atoms with Crippen LogP contribution in [0.2, 0.25) is 5.02 Å². The average Bonchev–Trinajstić information content (AvgIpc) is 3.19. The molecule has 2 aliphatic rings. The Kier molecular flexibility index (Phi) is 4.33. The molecule has 0 bridgehead atoms. The van der Waals surface area contributed by atoms with Crippen molar-refractivity contribution in [3.05, 3.63) is 70.4 Å². The van der Waals surface area contributed by atoms with Crippen molar-refractivity contribution in [1.82, 2.24) is 15.1 Å². The van der Waals surface area contributed by atoms with Crippen molar-refractivity contribution in [2.24, 2.45) is 0 Å². The summed E-state index contributed by atoms with van der Waals surface area (Å²) in [5.41, 5.74) is 2.79. The first-order chi connectivity index (χ1) is 14.0. The zero-order valence-corrected chi connectivity index (χ0v) is 16.4. The van der Waals surface area contributed by atoms with Crippen LogP contribution in [0.25, 0.3) is 11.3 Å². The molecule has 2 aliphatic heterocycles. The van der Waals surface area contributed by atoms with Gasteiger partial charge in [-0.2, -0.15) is 5.10 Å². The van der Waals surface area contributed by atoms with Crippen LogP contribution < -0.4 is 4.74 Å². The summed E-state index contributed by atoms with van der Waals surface area (Å²) < 4.78 is 5.81. The summed E-state index contributed by atoms with van der Waals surface area (Å²) in [6.07, 6.45) is 0.937. The minimum Gasteiger partial charge on any atom is -0.488 e. The number of carbonyl (C=O) groups excluding carboxylic acids is 1. The normalized spacial score (nSPS) is 17.2. The van der Waals surface area contributed by atoms with Crippen LogP contribution in [-0.4, -0.2) is 39.2 Å². The van der Waals surface area contributed by atoms with Gasteiger partial charge in [0.1, 0.15) is 23.7 Å². The lowest BCUT2D eigenvalue weighted by molar-refractivity contribution is -0.0213. The van der Waals surface area contributed by atoms with Crippen LogP contribution >= 0.6 is 11.6 Å². The summed E-state index contributed by atoms with van der Waals surface area (Å²) in [5.74, 6) is 0.663. The molecule has 0 atom stereocenters. The van der Waals surface area contributed by atoms with Crippen LogP contribution in [0.3, 0.4) is 0 Å². The van der Waals surface area contributed by atoms with Gasteiger partial charge in [-0.1, -0.05) is 35.9 Å². The number of carbonyl (C=O) groups is 1. The highest BCUT2D eigenvalue weighted by atomic mass is 35.5. The first kappa shape index (κ1) is 18.2. The zero-order chi connectivity index (χ0) is 20.0. The molecule has 7 heteroatoms. The van der Waals surface area contributed by atoms with Gasteiger partial charge in [-0.25, -0.2) is 0 Å². The van der Waals surface area contributed by atoms with Crippen molar-refractivity contribution < 1.29 is 14.6 Å². The molecule has 1 amide bonds. The van der Waals surface area contributed by atoms with E-state index < -0.39 is 5.60 Å². The number of hydrogen-bond donors (Lipinski definition) is 2. The van der Waals surface area contributed by atoms with Crippen molar-refractivity contribution in [3.8, 4) is 17.0 Å². The number of nitrogens with one attached hydrogen (secondary N) is 1. The molecule has 0 radical (unpaired) electrons. The number of rotatable bonds is 2. The molecule has 148 valence electrons. The molecule has 0 saturated carbocycles. The van der Waals surface area contributed by atoms with E-state index in [1.807, 2.05) is 36.4 Å². The fourth-order valence-electron chi connectivity index (χ4n) is 4.13. The maximum Gasteiger partial charge on any atom is 0.272 e. The number of aromatic amines is 1. The maximum atomic E-state index is 13.1. The maximum absolute atomic E-state index is 13.1. The van der Waals surface area contributed by atoms with Gasteiger partial charge in [-0.3, -0.25) is 9.89 Å². The monoisotopic (exact) mass is 409 g/mol. The van der Waals surface area contributed by atoms with E-state index in [1.54, 1.807) is 17.0 Å². The van der Waals surface area contributed by atoms with E-state index in [0.29, 0.717) is 43.3 Å². The van der Waals surface area contributed by atoms with Gasteiger partial charge < -0.3 is 14.7 Å². The smallest absolute Gasteiger partial charge is 0.272 e. The number of ether oxygens (including phenoxy) is 1. The number of fused-ring (bicyclic) bond motifs is 3. The third-order valence-corrected chi connectivity index (χ3v) is 6.11. The molecule has 1 fully saturated rings. The SMILES string of the molecule is O=C(c1[nH]nc2c1COc1ccccc1-2)N1CCC(O)(c2ccc(Cl)cc2)CC1. The van der Waals surface area contributed by atoms with Crippen molar-refractivity contribution >= 4 is 17.5 Å². The number of para-hydroxylation sites is 1. The molecule has 0 spiro atoms. The predicted molar refractivity (Wildman–Crippen MR) is 109 cm³/mol. The second-order valence-electron chi connectivity index (χ2n) is 7.54. The number of amides is 1. The Hall–Kier alpha value is -2.83. The lowest BCUT2D eigenvalue weighted by Gasteiger charge is -2.38. The van der Waals surface area contributed by atoms with E-state index in [-0.39, 0.29) is 5.91 Å². The standard InChI is InChI=1S/C22H20ClN3O3/c23-15-7-5-14(6-8-15)22(28)9-11-26(12-10-22)21(27)20-17-13-29-18-4-2-1-3-16(18)19(17)24-25-20/h1-8,28H,9-13H2,(H,24,25). The molecule has 0 unspecified atom stereocenters. The Bertz CT molecular complexity index is 1070. The van der Waals surface area contributed by atoms with E-state index in [2.05, 4.69) is 10.2 Å². The van der Waals surface area contributed by atoms with Gasteiger partial charge in [0.25, 0.3) is 5.91 Å². The lowest BCUT2D eigenvalue weighted by Crippen LogP contribution is -2.45. The minimum atomic E-state index is -0.948. The second-order valence-corrected chi connectivity index (χ2v) is 7.98. The lowest BCUT2D eigenvalue weighted by atomic mass is 9.84. The molecule has 29 heavy (non-hydrogen) atoms. The number of hydrogen-bond acceptors (Lipinski definition) is 4. The van der Waals surface area contributed by atoms with E-state index in [4.69, 9.17) is 16.3 Å². The highest BCUT2D eigenvalue weighted by molar-refractivity contribution is 6.30. The van der Waals surface area contributed by atoms with E-state index in [0.717, 1.165) is 28.1 Å². The third kappa shape index (κ3) is 3.09. The Morgan fingerprint density at radius 2 is 1.86 bits per heavy atom. The number of nitrogens with zero attached hydrogens (tertiary/aromatic N) is 2. The molecular weight excluding hydrogens is 390 g/mol. The Balaban J connectivity index is 1.35. The summed E-state index contributed by atoms with van der Waals surface area (Å²) in [4.78, 5) is 14.9. The van der Waals surface area contributed by atoms with Gasteiger partial charge in [0.2, 0.25) is 0 Å². The molecule has 0 aliphatic carbocycles. The first-order valence-corrected chi connectivity index (χ1v) is 10.0. The van der Waals surface area contributed by atoms with Crippen LogP contribution in [0.5, 0.6) is 5.75 Å². The number of aliphatic hydroxyl groups is 1. The number of halogens is 1. The largest absolute Gasteiger partial charge is 0.488 e. The summed E-state index contributed by atoms with van der Waals surface area (Å²) >= 11 is 5.95. The van der Waals surface area contributed by atoms with Crippen LogP contribution in [0.1, 0.15) is 34.5 Å². The molecule has 3 heterocycles. The predicted octanol–water partition coefficient (Wildman–Crippen LogP) is 3.75. The number of likely N-dealkylation sites (tertiary alicyclic amines) is 1. The van der Waals surface area contributed by atoms with Crippen molar-refractivity contribution in [2.45, 2.75) is 25.0 Å². The third-order valence-electron chi connectivity index (χ3n) is 5.85. The summed E-state index contributed by atoms with van der Waals surface area (Å²) in [5, 5.41) is 19.0. The highest BCUT2D eigenvalue weighted by Crippen LogP contribution is 2.38. The Labute approximate surface area is 173 Å². The number of benzene rings is 2. The van der Waals surface area contributed by atoms with Gasteiger partial charge in [0, 0.05) is 29.2 Å². The number of aromatic nitrogens is 2. The van der Waals surface area contributed by atoms with Crippen LogP contribution in [0, 0.1) is 0 Å². The molecular formula is C22H20ClN3O3. The summed E-state index contributed by atoms with van der Waals surface area (Å²) in [7, 11) is 0. The van der Waals surface area contributed by atoms with Gasteiger partial charge in [-0.05, 0) is 42.7 Å². The minimum absolute atomic E-state index is 0.111. The van der Waals surface area contributed by atoms with E-state index in [1.165, 1.54) is 0 Å². The first-order valence-electron chi connectivity index (χ1n) is 9.62. The van der Waals surface area contributed by atoms with Gasteiger partial charge in [-0.15, -0.1) is 0 Å². The molecule has 2 N–H and O–H groups in total. The van der Waals surface area contributed by atoms with Gasteiger partial charge in [0.05, 0.1) is 5.60 Å². The zero-order valence-electron chi connectivity index (χ0n) is 15.7. The van der Waals surface area contributed by atoms with Crippen LogP contribution in [0.15, 0.2) is 48.5 Å². The fourth-order valence-corrected chi connectivity index (χ4v) is 4.26. The van der Waals surface area contributed by atoms with Crippen molar-refractivity contribution in [1.29, 1.82) is 0 Å². The second kappa shape index (κ2) is 6.90. The van der Waals surface area contributed by atoms with Gasteiger partial charge in [0.15, 0.2) is 0 Å². The summed E-state index contributed by atoms with van der Waals surface area (Å²) in [6.45, 7) is 1.23. The molecule has 5 rings (SSSR count). The van der Waals surface area contributed by atoms with E-state index >= 15 is 0 Å². The van der Waals surface area contributed by atoms with Crippen molar-refractivity contribution in [3.63, 3.8) is 0 Å². The average molecular weight is 410 g/mol. The highest BCUT2D eigenvalue weighted by Gasteiger charge is 2.37. The molecule has 1 saturated heterocycles. The van der Waals surface area contributed by atoms with Crippen LogP contribution in [0.4, 0.5) is 0 Å². The molecule has 2 aromatic carbocycles.